The highest BCUT2D eigenvalue weighted by Crippen LogP contribution is 2.35. The number of hydrogen-bond acceptors (Lipinski definition) is 3. The normalized spacial score (nSPS) is 19.3. The second-order valence-electron chi connectivity index (χ2n) is 5.15. The molecule has 2 heterocycles. The largest absolute Gasteiger partial charge is 0.478 e. The quantitative estimate of drug-likeness (QED) is 0.930. The lowest BCUT2D eigenvalue weighted by Crippen LogP contribution is -2.22. The summed E-state index contributed by atoms with van der Waals surface area (Å²) in [4.78, 5) is 14.8. The molecule has 1 atom stereocenters. The molecule has 0 spiro atoms. The molecule has 0 aliphatic carbocycles. The minimum Gasteiger partial charge on any atom is -0.478 e. The fourth-order valence-corrected chi connectivity index (χ4v) is 3.70. The van der Waals surface area contributed by atoms with Crippen molar-refractivity contribution in [3.05, 3.63) is 57.8 Å². The zero-order chi connectivity index (χ0) is 13.9. The van der Waals surface area contributed by atoms with Gasteiger partial charge in [0, 0.05) is 17.5 Å². The van der Waals surface area contributed by atoms with Crippen molar-refractivity contribution in [3.63, 3.8) is 0 Å². The maximum atomic E-state index is 10.9. The van der Waals surface area contributed by atoms with E-state index in [9.17, 15) is 4.79 Å². The first-order valence-electron chi connectivity index (χ1n) is 6.84. The Bertz CT molecular complexity index is 577. The van der Waals surface area contributed by atoms with Crippen molar-refractivity contribution in [1.82, 2.24) is 4.90 Å². The molecule has 1 aromatic heterocycles. The molecule has 1 aromatic carbocycles. The molecular weight excluding hydrogens is 270 g/mol. The average molecular weight is 287 g/mol. The Balaban J connectivity index is 1.72. The van der Waals surface area contributed by atoms with Crippen LogP contribution in [0.5, 0.6) is 0 Å². The Morgan fingerprint density at radius 2 is 2.10 bits per heavy atom. The van der Waals surface area contributed by atoms with E-state index in [1.165, 1.54) is 23.3 Å². The summed E-state index contributed by atoms with van der Waals surface area (Å²) in [5.74, 6) is -0.866. The molecule has 104 valence electrons. The first-order valence-corrected chi connectivity index (χ1v) is 7.72. The van der Waals surface area contributed by atoms with Crippen LogP contribution in [-0.4, -0.2) is 22.5 Å². The van der Waals surface area contributed by atoms with E-state index in [0.717, 1.165) is 13.1 Å². The van der Waals surface area contributed by atoms with Gasteiger partial charge in [-0.15, -0.1) is 11.3 Å². The number of thiophene rings is 1. The number of likely N-dealkylation sites (tertiary alicyclic amines) is 1. The maximum absolute atomic E-state index is 10.9. The number of carboxylic acid groups (broad SMARTS) is 1. The van der Waals surface area contributed by atoms with Gasteiger partial charge in [-0.05, 0) is 48.5 Å². The van der Waals surface area contributed by atoms with E-state index in [1.54, 1.807) is 12.1 Å². The number of rotatable bonds is 4. The van der Waals surface area contributed by atoms with Crippen LogP contribution in [0.15, 0.2) is 41.8 Å². The molecule has 1 aliphatic heterocycles. The van der Waals surface area contributed by atoms with Gasteiger partial charge >= 0.3 is 5.97 Å². The number of hydrogen-bond donors (Lipinski definition) is 1. The van der Waals surface area contributed by atoms with Crippen LogP contribution in [-0.2, 0) is 6.54 Å². The highest BCUT2D eigenvalue weighted by atomic mass is 32.1. The summed E-state index contributed by atoms with van der Waals surface area (Å²) in [6, 6.07) is 12.1. The molecule has 3 nitrogen and oxygen atoms in total. The van der Waals surface area contributed by atoms with Crippen molar-refractivity contribution < 1.29 is 9.90 Å². The van der Waals surface area contributed by atoms with Crippen LogP contribution in [0.2, 0.25) is 0 Å². The van der Waals surface area contributed by atoms with Crippen molar-refractivity contribution in [2.24, 2.45) is 0 Å². The van der Waals surface area contributed by atoms with E-state index in [4.69, 9.17) is 5.11 Å². The Labute approximate surface area is 122 Å². The van der Waals surface area contributed by atoms with Gasteiger partial charge in [-0.1, -0.05) is 18.2 Å². The topological polar surface area (TPSA) is 40.5 Å². The van der Waals surface area contributed by atoms with Crippen LogP contribution in [0.25, 0.3) is 0 Å². The minimum atomic E-state index is -0.866. The minimum absolute atomic E-state index is 0.352. The Hall–Kier alpha value is -1.65. The average Bonchev–Trinajstić information content (AvgIpc) is 3.09. The second kappa shape index (κ2) is 5.77. The molecule has 0 amide bonds. The molecule has 1 N–H and O–H groups in total. The summed E-state index contributed by atoms with van der Waals surface area (Å²) in [5.41, 5.74) is 1.53. The summed E-state index contributed by atoms with van der Waals surface area (Å²) >= 11 is 1.82. The third-order valence-electron chi connectivity index (χ3n) is 3.82. The number of aromatic carboxylic acids is 1. The van der Waals surface area contributed by atoms with E-state index < -0.39 is 5.97 Å². The van der Waals surface area contributed by atoms with Crippen molar-refractivity contribution in [2.75, 3.05) is 6.54 Å². The van der Waals surface area contributed by atoms with Crippen LogP contribution in [0.1, 0.15) is 39.7 Å². The first-order chi connectivity index (χ1) is 9.74. The predicted molar refractivity (Wildman–Crippen MR) is 80.1 cm³/mol. The van der Waals surface area contributed by atoms with Crippen LogP contribution in [0.4, 0.5) is 0 Å². The number of carbonyl (C=O) groups is 1. The lowest BCUT2D eigenvalue weighted by Gasteiger charge is -2.23. The second-order valence-corrected chi connectivity index (χ2v) is 6.13. The molecule has 0 radical (unpaired) electrons. The lowest BCUT2D eigenvalue weighted by atomic mass is 10.1. The fraction of sp³-hybridized carbons (Fsp3) is 0.312. The maximum Gasteiger partial charge on any atom is 0.335 e. The molecule has 0 bridgehead atoms. The highest BCUT2D eigenvalue weighted by molar-refractivity contribution is 7.10. The molecular formula is C16H17NO2S. The Morgan fingerprint density at radius 3 is 2.75 bits per heavy atom. The van der Waals surface area contributed by atoms with Crippen molar-refractivity contribution >= 4 is 17.3 Å². The summed E-state index contributed by atoms with van der Waals surface area (Å²) in [6.07, 6.45) is 2.45. The smallest absolute Gasteiger partial charge is 0.335 e. The zero-order valence-corrected chi connectivity index (χ0v) is 12.0. The molecule has 20 heavy (non-hydrogen) atoms. The SMILES string of the molecule is O=C(O)c1ccc(CN2CCCC2c2cccs2)cc1. The Kier molecular flexibility index (Phi) is 3.85. The monoisotopic (exact) mass is 287 g/mol. The van der Waals surface area contributed by atoms with Crippen molar-refractivity contribution in [3.8, 4) is 0 Å². The van der Waals surface area contributed by atoms with Crippen LogP contribution in [0.3, 0.4) is 0 Å². The molecule has 1 aliphatic rings. The molecule has 4 heteroatoms. The van der Waals surface area contributed by atoms with Gasteiger partial charge in [-0.2, -0.15) is 0 Å². The van der Waals surface area contributed by atoms with Crippen LogP contribution >= 0.6 is 11.3 Å². The van der Waals surface area contributed by atoms with E-state index in [0.29, 0.717) is 11.6 Å². The van der Waals surface area contributed by atoms with Gasteiger partial charge in [0.15, 0.2) is 0 Å². The van der Waals surface area contributed by atoms with Gasteiger partial charge in [0.05, 0.1) is 5.56 Å². The summed E-state index contributed by atoms with van der Waals surface area (Å²) in [5, 5.41) is 11.1. The zero-order valence-electron chi connectivity index (χ0n) is 11.2. The van der Waals surface area contributed by atoms with Gasteiger partial charge in [-0.3, -0.25) is 4.90 Å². The van der Waals surface area contributed by atoms with Gasteiger partial charge in [-0.25, -0.2) is 4.79 Å². The Morgan fingerprint density at radius 1 is 1.30 bits per heavy atom. The van der Waals surface area contributed by atoms with Gasteiger partial charge in [0.1, 0.15) is 0 Å². The van der Waals surface area contributed by atoms with Crippen molar-refractivity contribution in [2.45, 2.75) is 25.4 Å². The first kappa shape index (κ1) is 13.3. The van der Waals surface area contributed by atoms with Crippen LogP contribution in [0, 0.1) is 0 Å². The number of benzene rings is 1. The van der Waals surface area contributed by atoms with Gasteiger partial charge in [0.25, 0.3) is 0 Å². The third-order valence-corrected chi connectivity index (χ3v) is 4.80. The van der Waals surface area contributed by atoms with E-state index in [-0.39, 0.29) is 0 Å². The fourth-order valence-electron chi connectivity index (χ4n) is 2.81. The van der Waals surface area contributed by atoms with Gasteiger partial charge in [0.2, 0.25) is 0 Å². The molecule has 1 saturated heterocycles. The standard InChI is InChI=1S/C16H17NO2S/c18-16(19)13-7-5-12(6-8-13)11-17-9-1-3-14(17)15-4-2-10-20-15/h2,4-8,10,14H,1,3,9,11H2,(H,18,19). The number of carboxylic acids is 1. The molecule has 0 saturated carbocycles. The van der Waals surface area contributed by atoms with Gasteiger partial charge < -0.3 is 5.11 Å². The summed E-state index contributed by atoms with van der Waals surface area (Å²) in [6.45, 7) is 2.01. The third kappa shape index (κ3) is 2.76. The van der Waals surface area contributed by atoms with E-state index >= 15 is 0 Å². The van der Waals surface area contributed by atoms with Crippen LogP contribution < -0.4 is 0 Å². The molecule has 2 aromatic rings. The molecule has 1 unspecified atom stereocenters. The summed E-state index contributed by atoms with van der Waals surface area (Å²) < 4.78 is 0. The van der Waals surface area contributed by atoms with Crippen molar-refractivity contribution in [1.29, 1.82) is 0 Å². The lowest BCUT2D eigenvalue weighted by molar-refractivity contribution is 0.0697. The highest BCUT2D eigenvalue weighted by Gasteiger charge is 2.26. The predicted octanol–water partition coefficient (Wildman–Crippen LogP) is 3.78. The molecule has 1 fully saturated rings. The molecule has 3 rings (SSSR count). The van der Waals surface area contributed by atoms with E-state index in [1.807, 2.05) is 23.5 Å². The van der Waals surface area contributed by atoms with E-state index in [2.05, 4.69) is 22.4 Å². The number of nitrogens with zero attached hydrogens (tertiary/aromatic N) is 1. The summed E-state index contributed by atoms with van der Waals surface area (Å²) in [7, 11) is 0.